The van der Waals surface area contributed by atoms with Crippen molar-refractivity contribution in [2.75, 3.05) is 26.4 Å². The number of hydrogen-bond acceptors (Lipinski definition) is 10. The molecule has 0 radical (unpaired) electrons. The molecule has 14 heteroatoms. The third kappa shape index (κ3) is 15.9. The van der Waals surface area contributed by atoms with Crippen LogP contribution in [-0.4, -0.2) is 62.6 Å². The fourth-order valence-electron chi connectivity index (χ4n) is 4.25. The number of rotatable bonds is 22. The summed E-state index contributed by atoms with van der Waals surface area (Å²) in [6.07, 6.45) is 15.5. The van der Waals surface area contributed by atoms with E-state index in [1.165, 1.54) is 104 Å². The molecule has 1 aromatic rings. The quantitative estimate of drug-likeness (QED) is 0.0704. The average molecular weight is 657 g/mol. The van der Waals surface area contributed by atoms with Crippen molar-refractivity contribution in [3.05, 3.63) is 35.9 Å². The van der Waals surface area contributed by atoms with E-state index < -0.39 is 56.9 Å². The second-order valence-electron chi connectivity index (χ2n) is 9.17. The maximum absolute atomic E-state index is 11.7. The fourth-order valence-corrected chi connectivity index (χ4v) is 6.76. The van der Waals surface area contributed by atoms with Crippen molar-refractivity contribution in [2.45, 2.75) is 115 Å². The van der Waals surface area contributed by atoms with Crippen molar-refractivity contribution in [2.24, 2.45) is 0 Å². The van der Waals surface area contributed by atoms with Gasteiger partial charge < -0.3 is 28.1 Å². The van der Waals surface area contributed by atoms with Gasteiger partial charge in [0.1, 0.15) is 0 Å². The fraction of sp³-hybridized carbons (Fsp3) is 0.786. The normalized spacial score (nSPS) is 12.1. The van der Waals surface area contributed by atoms with Gasteiger partial charge in [0, 0.05) is 26.4 Å². The molecule has 1 rings (SSSR count). The van der Waals surface area contributed by atoms with Crippen LogP contribution in [-0.2, 0) is 45.6 Å². The summed E-state index contributed by atoms with van der Waals surface area (Å²) in [4.78, 5) is 0. The Hall–Kier alpha value is 0.880. The molecule has 0 spiro atoms. The van der Waals surface area contributed by atoms with Crippen LogP contribution in [0.5, 0.6) is 0 Å². The van der Waals surface area contributed by atoms with Crippen molar-refractivity contribution in [1.82, 2.24) is 0 Å². The van der Waals surface area contributed by atoms with E-state index in [0.29, 0.717) is 0 Å². The van der Waals surface area contributed by atoms with Gasteiger partial charge in [-0.2, -0.15) is 0 Å². The van der Waals surface area contributed by atoms with E-state index in [1.807, 2.05) is 0 Å². The molecule has 0 aliphatic rings. The minimum absolute atomic E-state index is 0. The van der Waals surface area contributed by atoms with Crippen molar-refractivity contribution in [1.29, 1.82) is 0 Å². The topological polar surface area (TPSA) is 151 Å². The average Bonchev–Trinajstić information content (AvgIpc) is 2.89. The van der Waals surface area contributed by atoms with Crippen LogP contribution >= 0.6 is 0 Å². The first-order chi connectivity index (χ1) is 18.9. The maximum atomic E-state index is 11.7. The summed E-state index contributed by atoms with van der Waals surface area (Å²) in [7, 11) is -11.3. The number of benzene rings is 1. The van der Waals surface area contributed by atoms with Crippen LogP contribution in [0.25, 0.3) is 0 Å². The SMILES string of the molecule is CCCCCCCCCCCCc1ccccc1.CCOC(OCC)(C(OCC)(OCC)S(=O)(=O)[O-])S(=O)(=O)[O-].[Na+].[Na+]. The Kier molecular flexibility index (Phi) is 29.3. The Morgan fingerprint density at radius 2 is 0.857 bits per heavy atom. The molecule has 0 aromatic heterocycles. The van der Waals surface area contributed by atoms with Crippen LogP contribution < -0.4 is 59.1 Å². The van der Waals surface area contributed by atoms with Crippen molar-refractivity contribution < 1.29 is 104 Å². The second-order valence-corrected chi connectivity index (χ2v) is 12.1. The van der Waals surface area contributed by atoms with E-state index in [4.69, 9.17) is 18.9 Å². The largest absolute Gasteiger partial charge is 1.00 e. The molecule has 0 aliphatic heterocycles. The van der Waals surface area contributed by atoms with Gasteiger partial charge >= 0.3 is 69.4 Å². The third-order valence-electron chi connectivity index (χ3n) is 6.03. The van der Waals surface area contributed by atoms with Gasteiger partial charge in [-0.3, -0.25) is 0 Å². The van der Waals surface area contributed by atoms with Gasteiger partial charge in [-0.25, -0.2) is 16.8 Å². The van der Waals surface area contributed by atoms with Gasteiger partial charge in [0.15, 0.2) is 20.2 Å². The smallest absolute Gasteiger partial charge is 0.744 e. The Balaban J connectivity index is -0.000000702. The van der Waals surface area contributed by atoms with Crippen LogP contribution in [0.4, 0.5) is 0 Å². The molecular formula is C28H50Na2O10S2. The molecule has 0 heterocycles. The molecule has 1 aromatic carbocycles. The first-order valence-electron chi connectivity index (χ1n) is 14.4. The van der Waals surface area contributed by atoms with Gasteiger partial charge in [-0.1, -0.05) is 95.0 Å². The summed E-state index contributed by atoms with van der Waals surface area (Å²) < 4.78 is 89.4. The summed E-state index contributed by atoms with van der Waals surface area (Å²) in [5.74, 6) is 0. The molecule has 236 valence electrons. The molecule has 10 nitrogen and oxygen atoms in total. The van der Waals surface area contributed by atoms with E-state index in [2.05, 4.69) is 37.3 Å². The van der Waals surface area contributed by atoms with Crippen LogP contribution in [0, 0.1) is 0 Å². The molecule has 0 N–H and O–H groups in total. The minimum Gasteiger partial charge on any atom is -0.744 e. The zero-order valence-electron chi connectivity index (χ0n) is 26.9. The Morgan fingerprint density at radius 1 is 0.548 bits per heavy atom. The number of ether oxygens (including phenoxy) is 4. The van der Waals surface area contributed by atoms with Crippen molar-refractivity contribution in [3.8, 4) is 0 Å². The molecule has 0 saturated heterocycles. The first-order valence-corrected chi connectivity index (χ1v) is 17.2. The number of aryl methyl sites for hydroxylation is 1. The summed E-state index contributed by atoms with van der Waals surface area (Å²) in [5, 5.41) is -6.98. The van der Waals surface area contributed by atoms with Crippen LogP contribution in [0.1, 0.15) is 104 Å². The standard InChI is InChI=1S/C18H30.C10H22O10S2.2Na/c1-2-3-4-5-6-7-8-9-10-12-15-18-16-13-11-14-17-18;1-5-17-9(18-6-2,21(11,12)13)10(19-7-3,20-8-4)22(14,15)16;;/h11,13-14,16-17H,2-10,12,15H2,1H3;5-8H2,1-4H3,(H,11,12,13)(H,14,15,16);;/q;;2*+1/p-2. The molecule has 0 saturated carbocycles. The number of unbranched alkanes of at least 4 members (excludes halogenated alkanes) is 9. The summed E-state index contributed by atoms with van der Waals surface area (Å²) in [6.45, 7) is 5.55. The predicted molar refractivity (Wildman–Crippen MR) is 153 cm³/mol. The predicted octanol–water partition coefficient (Wildman–Crippen LogP) is -0.312. The molecule has 0 atom stereocenters. The summed E-state index contributed by atoms with van der Waals surface area (Å²) in [6, 6.07) is 10.9. The van der Waals surface area contributed by atoms with Crippen LogP contribution in [0.2, 0.25) is 0 Å². The van der Waals surface area contributed by atoms with E-state index in [-0.39, 0.29) is 59.1 Å². The van der Waals surface area contributed by atoms with Crippen molar-refractivity contribution in [3.63, 3.8) is 0 Å². The molecule has 42 heavy (non-hydrogen) atoms. The monoisotopic (exact) mass is 656 g/mol. The van der Waals surface area contributed by atoms with E-state index in [1.54, 1.807) is 0 Å². The van der Waals surface area contributed by atoms with E-state index >= 15 is 0 Å². The van der Waals surface area contributed by atoms with Gasteiger partial charge in [-0.15, -0.1) is 0 Å². The molecular weight excluding hydrogens is 606 g/mol. The zero-order chi connectivity index (χ0) is 30.5. The minimum atomic E-state index is -5.66. The van der Waals surface area contributed by atoms with Gasteiger partial charge in [0.05, 0.1) is 0 Å². The van der Waals surface area contributed by atoms with E-state index in [9.17, 15) is 25.9 Å². The Labute approximate surface area is 299 Å². The Morgan fingerprint density at radius 3 is 1.14 bits per heavy atom. The molecule has 0 fully saturated rings. The molecule has 0 aliphatic carbocycles. The molecule has 0 unspecified atom stereocenters. The van der Waals surface area contributed by atoms with Gasteiger partial charge in [0.2, 0.25) is 0 Å². The van der Waals surface area contributed by atoms with Crippen LogP contribution in [0.3, 0.4) is 0 Å². The molecule has 0 amide bonds. The molecule has 0 bridgehead atoms. The summed E-state index contributed by atoms with van der Waals surface area (Å²) in [5.41, 5.74) is 1.50. The summed E-state index contributed by atoms with van der Waals surface area (Å²) >= 11 is 0. The third-order valence-corrected chi connectivity index (χ3v) is 8.49. The van der Waals surface area contributed by atoms with Crippen molar-refractivity contribution >= 4 is 20.2 Å². The maximum Gasteiger partial charge on any atom is 1.00 e. The second kappa shape index (κ2) is 26.0. The van der Waals surface area contributed by atoms with Crippen LogP contribution in [0.15, 0.2) is 30.3 Å². The Bertz CT molecular complexity index is 916. The van der Waals surface area contributed by atoms with E-state index in [0.717, 1.165) is 0 Å². The van der Waals surface area contributed by atoms with Gasteiger partial charge in [0.25, 0.3) is 0 Å². The zero-order valence-corrected chi connectivity index (χ0v) is 32.5. The van der Waals surface area contributed by atoms with Gasteiger partial charge in [-0.05, 0) is 46.1 Å². The first kappa shape index (κ1) is 47.3. The number of hydrogen-bond donors (Lipinski definition) is 0.